The number of carbonyl (C=O) groups is 2. The van der Waals surface area contributed by atoms with Crippen molar-refractivity contribution in [2.24, 2.45) is 5.92 Å². The van der Waals surface area contributed by atoms with Crippen LogP contribution in [0.4, 0.5) is 14.5 Å². The highest BCUT2D eigenvalue weighted by Crippen LogP contribution is 2.40. The van der Waals surface area contributed by atoms with Gasteiger partial charge in [0.15, 0.2) is 5.78 Å². The summed E-state index contributed by atoms with van der Waals surface area (Å²) in [5.74, 6) is -2.65. The zero-order chi connectivity index (χ0) is 32.1. The van der Waals surface area contributed by atoms with Gasteiger partial charge in [-0.3, -0.25) is 14.4 Å². The molecule has 0 radical (unpaired) electrons. The van der Waals surface area contributed by atoms with E-state index in [4.69, 9.17) is 18.9 Å². The van der Waals surface area contributed by atoms with Crippen molar-refractivity contribution in [3.8, 4) is 11.5 Å². The summed E-state index contributed by atoms with van der Waals surface area (Å²) in [6, 6.07) is 10.0. The van der Waals surface area contributed by atoms with Crippen molar-refractivity contribution in [1.82, 2.24) is 4.57 Å². The molecule has 1 aliphatic heterocycles. The van der Waals surface area contributed by atoms with E-state index in [0.717, 1.165) is 0 Å². The molecular weight excluding hydrogens is 612 g/mol. The number of aromatic nitrogens is 1. The van der Waals surface area contributed by atoms with Gasteiger partial charge in [0.05, 0.1) is 32.3 Å². The molecule has 2 aromatic carbocycles. The summed E-state index contributed by atoms with van der Waals surface area (Å²) in [5, 5.41) is 0.473. The summed E-state index contributed by atoms with van der Waals surface area (Å²) < 4.78 is 51.1. The first kappa shape index (κ1) is 33.7. The van der Waals surface area contributed by atoms with Crippen LogP contribution in [0.1, 0.15) is 39.9 Å². The average molecular weight is 649 g/mol. The highest BCUT2D eigenvalue weighted by Gasteiger charge is 2.45. The van der Waals surface area contributed by atoms with Gasteiger partial charge < -0.3 is 28.4 Å². The number of Topliss-reactive ketones (excluding diaryl/α,β-unsaturated/α-hetero) is 1. The van der Waals surface area contributed by atoms with Crippen LogP contribution >= 0.6 is 18.5 Å². The van der Waals surface area contributed by atoms with Crippen molar-refractivity contribution in [3.05, 3.63) is 81.5 Å². The lowest BCUT2D eigenvalue weighted by molar-refractivity contribution is -0.120. The SMILES string of the molecule is COCC(COC)n1ccc(C)c(N2C[C@@H](c3c(F)cc(OC)cc3P)[C@H](CC(=O)c3ccc(OC(F)P)cc3)C2=O)c1=O. The molecule has 0 spiro atoms. The van der Waals surface area contributed by atoms with Crippen molar-refractivity contribution >= 4 is 41.2 Å². The fourth-order valence-electron chi connectivity index (χ4n) is 5.64. The number of amides is 1. The van der Waals surface area contributed by atoms with E-state index in [2.05, 4.69) is 9.24 Å². The number of pyridine rings is 1. The van der Waals surface area contributed by atoms with Gasteiger partial charge in [0.2, 0.25) is 12.0 Å². The van der Waals surface area contributed by atoms with Gasteiger partial charge in [-0.15, -0.1) is 9.24 Å². The van der Waals surface area contributed by atoms with Crippen molar-refractivity contribution in [3.63, 3.8) is 0 Å². The quantitative estimate of drug-likeness (QED) is 0.203. The van der Waals surface area contributed by atoms with Crippen LogP contribution in [-0.2, 0) is 14.3 Å². The molecule has 4 rings (SSSR count). The molecule has 0 aliphatic carbocycles. The van der Waals surface area contributed by atoms with Crippen molar-refractivity contribution in [2.75, 3.05) is 46.0 Å². The number of carbonyl (C=O) groups excluding carboxylic acids is 2. The van der Waals surface area contributed by atoms with E-state index in [0.29, 0.717) is 16.6 Å². The van der Waals surface area contributed by atoms with Crippen LogP contribution in [0.3, 0.4) is 0 Å². The van der Waals surface area contributed by atoms with Gasteiger partial charge in [-0.1, -0.05) is 9.24 Å². The zero-order valence-corrected chi connectivity index (χ0v) is 27.2. The monoisotopic (exact) mass is 648 g/mol. The number of ketones is 1. The van der Waals surface area contributed by atoms with Gasteiger partial charge in [-0.05, 0) is 54.2 Å². The number of rotatable bonds is 13. The number of hydrogen-bond donors (Lipinski definition) is 0. The first-order valence-corrected chi connectivity index (χ1v) is 15.1. The fourth-order valence-corrected chi connectivity index (χ4v) is 6.31. The van der Waals surface area contributed by atoms with Gasteiger partial charge in [0, 0.05) is 56.5 Å². The summed E-state index contributed by atoms with van der Waals surface area (Å²) in [6.07, 6.45) is -0.228. The first-order chi connectivity index (χ1) is 21.0. The number of halogens is 2. The lowest BCUT2D eigenvalue weighted by Crippen LogP contribution is -2.38. The van der Waals surface area contributed by atoms with E-state index in [-0.39, 0.29) is 54.5 Å². The Hall–Kier alpha value is -3.23. The molecule has 236 valence electrons. The molecule has 3 aromatic rings. The number of methoxy groups -OCH3 is 3. The van der Waals surface area contributed by atoms with Gasteiger partial charge >= 0.3 is 0 Å². The third-order valence-electron chi connectivity index (χ3n) is 7.70. The molecule has 2 heterocycles. The molecule has 5 atom stereocenters. The number of anilines is 1. The Labute approximate surface area is 259 Å². The molecule has 9 nitrogen and oxygen atoms in total. The van der Waals surface area contributed by atoms with Crippen LogP contribution < -0.4 is 25.2 Å². The third kappa shape index (κ3) is 7.18. The molecular formula is C31H36F2N2O7P2. The number of hydrogen-bond acceptors (Lipinski definition) is 7. The summed E-state index contributed by atoms with van der Waals surface area (Å²) in [5.41, 5.74) is 0.793. The Morgan fingerprint density at radius 1 is 1.05 bits per heavy atom. The largest absolute Gasteiger partial charge is 0.497 e. The Balaban J connectivity index is 1.77. The molecule has 1 saturated heterocycles. The fraction of sp³-hybridized carbons (Fsp3) is 0.387. The average Bonchev–Trinajstić information content (AvgIpc) is 3.27. The summed E-state index contributed by atoms with van der Waals surface area (Å²) in [6.45, 7) is 2.09. The maximum Gasteiger partial charge on any atom is 0.275 e. The standard InChI is InChI=1S/C31H36F2N2O7P2/c1-17-9-10-34(19(15-39-2)16-40-3)30(38)28(17)35-14-23(27-24(32)11-21(41-4)12-26(27)43)22(29(35)37)13-25(36)18-5-7-20(8-6-18)42-31(33)44/h5-12,19,22-23,31H,13-16,43-44H2,1-4H3/t22-,23+,31?/m0/s1. The minimum atomic E-state index is -1.61. The Morgan fingerprint density at radius 3 is 2.27 bits per heavy atom. The maximum absolute atomic E-state index is 15.6. The second-order valence-corrected chi connectivity index (χ2v) is 11.7. The zero-order valence-electron chi connectivity index (χ0n) is 24.9. The van der Waals surface area contributed by atoms with Gasteiger partial charge in [-0.2, -0.15) is 4.39 Å². The number of alkyl halides is 1. The molecule has 1 aromatic heterocycles. The Bertz CT molecular complexity index is 1540. The van der Waals surface area contributed by atoms with Gasteiger partial charge in [-0.25, -0.2) is 4.39 Å². The maximum atomic E-state index is 15.6. The summed E-state index contributed by atoms with van der Waals surface area (Å²) in [7, 11) is 8.81. The molecule has 3 unspecified atom stereocenters. The van der Waals surface area contributed by atoms with Gasteiger partial charge in [0.1, 0.15) is 23.0 Å². The number of nitrogens with zero attached hydrogens (tertiary/aromatic N) is 2. The smallest absolute Gasteiger partial charge is 0.275 e. The normalized spacial score (nSPS) is 17.3. The lowest BCUT2D eigenvalue weighted by Gasteiger charge is -2.24. The minimum absolute atomic E-state index is 0.0282. The molecule has 0 saturated carbocycles. The molecule has 1 amide bonds. The first-order valence-electron chi connectivity index (χ1n) is 13.8. The molecule has 0 N–H and O–H groups in total. The van der Waals surface area contributed by atoms with Crippen molar-refractivity contribution in [1.29, 1.82) is 0 Å². The summed E-state index contributed by atoms with van der Waals surface area (Å²) in [4.78, 5) is 42.9. The van der Waals surface area contributed by atoms with Crippen LogP contribution in [0.2, 0.25) is 0 Å². The topological polar surface area (TPSA) is 96.3 Å². The van der Waals surface area contributed by atoms with E-state index < -0.39 is 41.3 Å². The van der Waals surface area contributed by atoms with E-state index in [1.807, 2.05) is 9.24 Å². The molecule has 44 heavy (non-hydrogen) atoms. The number of aryl methyl sites for hydroxylation is 1. The van der Waals surface area contributed by atoms with Crippen molar-refractivity contribution < 1.29 is 37.3 Å². The van der Waals surface area contributed by atoms with Crippen molar-refractivity contribution in [2.45, 2.75) is 31.4 Å². The number of benzene rings is 2. The van der Waals surface area contributed by atoms with E-state index in [9.17, 15) is 18.8 Å². The van der Waals surface area contributed by atoms with Crippen LogP contribution in [0.5, 0.6) is 11.5 Å². The highest BCUT2D eigenvalue weighted by atomic mass is 31.0. The Morgan fingerprint density at radius 2 is 1.70 bits per heavy atom. The van der Waals surface area contributed by atoms with E-state index >= 15 is 4.39 Å². The second kappa shape index (κ2) is 14.7. The lowest BCUT2D eigenvalue weighted by atomic mass is 9.84. The molecule has 1 aliphatic rings. The molecule has 13 heteroatoms. The second-order valence-electron chi connectivity index (χ2n) is 10.5. The third-order valence-corrected chi connectivity index (χ3v) is 8.31. The van der Waals surface area contributed by atoms with E-state index in [1.165, 1.54) is 61.1 Å². The van der Waals surface area contributed by atoms with Crippen LogP contribution in [-0.4, -0.2) is 63.4 Å². The number of ether oxygens (including phenoxy) is 4. The minimum Gasteiger partial charge on any atom is -0.497 e. The van der Waals surface area contributed by atoms with Crippen LogP contribution in [0, 0.1) is 18.7 Å². The predicted octanol–water partition coefficient (Wildman–Crippen LogP) is 4.17. The molecule has 1 fully saturated rings. The van der Waals surface area contributed by atoms with Crippen LogP contribution in [0.15, 0.2) is 53.5 Å². The highest BCUT2D eigenvalue weighted by molar-refractivity contribution is 7.27. The molecule has 0 bridgehead atoms. The Kier molecular flexibility index (Phi) is 11.2. The van der Waals surface area contributed by atoms with Crippen LogP contribution in [0.25, 0.3) is 0 Å². The van der Waals surface area contributed by atoms with E-state index in [1.54, 1.807) is 25.3 Å². The van der Waals surface area contributed by atoms with Gasteiger partial charge in [0.25, 0.3) is 5.56 Å². The summed E-state index contributed by atoms with van der Waals surface area (Å²) >= 11 is 0. The predicted molar refractivity (Wildman–Crippen MR) is 170 cm³/mol.